The number of nitrogens with zero attached hydrogens (tertiary/aromatic N) is 3. The quantitative estimate of drug-likeness (QED) is 0.536. The van der Waals surface area contributed by atoms with Crippen molar-refractivity contribution in [1.29, 1.82) is 0 Å². The summed E-state index contributed by atoms with van der Waals surface area (Å²) in [6.45, 7) is 1.94. The molecule has 1 unspecified atom stereocenters. The second kappa shape index (κ2) is 8.56. The Bertz CT molecular complexity index is 840. The van der Waals surface area contributed by atoms with Crippen LogP contribution in [0.3, 0.4) is 0 Å². The van der Waals surface area contributed by atoms with Crippen LogP contribution in [-0.2, 0) is 6.18 Å². The molecule has 29 heavy (non-hydrogen) atoms. The van der Waals surface area contributed by atoms with Crippen LogP contribution >= 0.6 is 11.8 Å². The van der Waals surface area contributed by atoms with Crippen LogP contribution in [-0.4, -0.2) is 39.2 Å². The number of anilines is 1. The van der Waals surface area contributed by atoms with Gasteiger partial charge in [-0.2, -0.15) is 23.4 Å². The van der Waals surface area contributed by atoms with Gasteiger partial charge in [-0.15, -0.1) is 0 Å². The molecule has 2 heterocycles. The van der Waals surface area contributed by atoms with E-state index in [-0.39, 0.29) is 10.9 Å². The standard InChI is InChI=1S/C19H20F4N4OS/c1-18(20,29-16-5-3-2-4-15(16)19(21,22)23)13-7-10-27(11-8-13)17(28)26-14-6-9-24-25-12-14/h2-6,9,12-13H,7-8,10-11H2,1H3,(H,24,26,28). The topological polar surface area (TPSA) is 58.1 Å². The average molecular weight is 428 g/mol. The van der Waals surface area contributed by atoms with Crippen molar-refractivity contribution in [3.63, 3.8) is 0 Å². The van der Waals surface area contributed by atoms with Crippen LogP contribution in [0, 0.1) is 5.92 Å². The second-order valence-corrected chi connectivity index (χ2v) is 8.35. The number of hydrogen-bond acceptors (Lipinski definition) is 4. The molecule has 0 bridgehead atoms. The molecule has 1 aromatic heterocycles. The predicted octanol–water partition coefficient (Wildman–Crippen LogP) is 5.22. The minimum Gasteiger partial charge on any atom is -0.325 e. The number of rotatable bonds is 4. The summed E-state index contributed by atoms with van der Waals surface area (Å²) >= 11 is 0.597. The summed E-state index contributed by atoms with van der Waals surface area (Å²) in [5.74, 6) is -0.472. The van der Waals surface area contributed by atoms with E-state index in [1.807, 2.05) is 0 Å². The van der Waals surface area contributed by atoms with Crippen LogP contribution in [0.2, 0.25) is 0 Å². The Labute approximate surface area is 169 Å². The lowest BCUT2D eigenvalue weighted by Crippen LogP contribution is -2.44. The first-order valence-corrected chi connectivity index (χ1v) is 9.85. The monoisotopic (exact) mass is 428 g/mol. The normalized spacial score (nSPS) is 17.6. The zero-order valence-corrected chi connectivity index (χ0v) is 16.4. The number of aromatic nitrogens is 2. The van der Waals surface area contributed by atoms with Gasteiger partial charge in [-0.3, -0.25) is 0 Å². The van der Waals surface area contributed by atoms with E-state index in [0.717, 1.165) is 6.07 Å². The summed E-state index contributed by atoms with van der Waals surface area (Å²) in [6.07, 6.45) is -0.959. The Morgan fingerprint density at radius 2 is 1.83 bits per heavy atom. The van der Waals surface area contributed by atoms with Crippen molar-refractivity contribution in [2.24, 2.45) is 5.92 Å². The van der Waals surface area contributed by atoms with Crippen LogP contribution in [0.4, 0.5) is 28.0 Å². The third-order valence-corrected chi connectivity index (χ3v) is 6.16. The largest absolute Gasteiger partial charge is 0.417 e. The van der Waals surface area contributed by atoms with Crippen LogP contribution in [0.15, 0.2) is 47.6 Å². The number of nitrogens with one attached hydrogen (secondary N) is 1. The molecule has 1 aromatic carbocycles. The van der Waals surface area contributed by atoms with Gasteiger partial charge in [0.25, 0.3) is 0 Å². The number of carbonyl (C=O) groups excluding carboxylic acids is 1. The summed E-state index contributed by atoms with van der Waals surface area (Å²) < 4.78 is 54.9. The van der Waals surface area contributed by atoms with E-state index in [0.29, 0.717) is 43.4 Å². The minimum atomic E-state index is -4.54. The van der Waals surface area contributed by atoms with Gasteiger partial charge in [0, 0.05) is 23.9 Å². The molecule has 1 N–H and O–H groups in total. The lowest BCUT2D eigenvalue weighted by molar-refractivity contribution is -0.139. The minimum absolute atomic E-state index is 0.129. The van der Waals surface area contributed by atoms with Gasteiger partial charge in [-0.25, -0.2) is 9.18 Å². The number of carbonyl (C=O) groups is 1. The first-order chi connectivity index (χ1) is 13.7. The summed E-state index contributed by atoms with van der Waals surface area (Å²) in [7, 11) is 0. The first kappa shape index (κ1) is 21.4. The lowest BCUT2D eigenvalue weighted by Gasteiger charge is -2.37. The highest BCUT2D eigenvalue weighted by atomic mass is 32.2. The number of hydrogen-bond donors (Lipinski definition) is 1. The summed E-state index contributed by atoms with van der Waals surface area (Å²) in [4.78, 5) is 13.7. The van der Waals surface area contributed by atoms with E-state index < -0.39 is 22.7 Å². The molecule has 1 aliphatic rings. The van der Waals surface area contributed by atoms with Gasteiger partial charge in [0.05, 0.1) is 23.6 Å². The molecule has 3 rings (SSSR count). The molecule has 0 aliphatic carbocycles. The highest BCUT2D eigenvalue weighted by Crippen LogP contribution is 2.47. The Balaban J connectivity index is 1.61. The Hall–Kier alpha value is -2.36. The Kier molecular flexibility index (Phi) is 6.30. The van der Waals surface area contributed by atoms with Gasteiger partial charge in [-0.05, 0) is 38.0 Å². The molecule has 1 aliphatic heterocycles. The number of urea groups is 1. The smallest absolute Gasteiger partial charge is 0.325 e. The molecule has 156 valence electrons. The fourth-order valence-corrected chi connectivity index (χ4v) is 4.53. The molecular formula is C19H20F4N4OS. The van der Waals surface area contributed by atoms with Crippen molar-refractivity contribution >= 4 is 23.5 Å². The molecular weight excluding hydrogens is 408 g/mol. The van der Waals surface area contributed by atoms with Crippen molar-refractivity contribution < 1.29 is 22.4 Å². The summed E-state index contributed by atoms with van der Waals surface area (Å²) in [5.41, 5.74) is -0.335. The summed E-state index contributed by atoms with van der Waals surface area (Å²) in [5, 5.41) is 8.10. The van der Waals surface area contributed by atoms with E-state index >= 15 is 4.39 Å². The lowest BCUT2D eigenvalue weighted by atomic mass is 9.92. The van der Waals surface area contributed by atoms with Crippen LogP contribution in [0.25, 0.3) is 0 Å². The highest BCUT2D eigenvalue weighted by Gasteiger charge is 2.41. The zero-order chi connectivity index (χ0) is 21.1. The van der Waals surface area contributed by atoms with Crippen LogP contribution in [0.1, 0.15) is 25.3 Å². The van der Waals surface area contributed by atoms with Crippen molar-refractivity contribution in [3.05, 3.63) is 48.3 Å². The van der Waals surface area contributed by atoms with Crippen molar-refractivity contribution in [3.8, 4) is 0 Å². The van der Waals surface area contributed by atoms with Gasteiger partial charge in [-0.1, -0.05) is 23.9 Å². The molecule has 10 heteroatoms. The molecule has 1 atom stereocenters. The van der Waals surface area contributed by atoms with Gasteiger partial charge < -0.3 is 10.2 Å². The summed E-state index contributed by atoms with van der Waals surface area (Å²) in [6, 6.07) is 6.28. The highest BCUT2D eigenvalue weighted by molar-refractivity contribution is 8.00. The molecule has 0 saturated carbocycles. The SMILES string of the molecule is CC(F)(Sc1ccccc1C(F)(F)F)C1CCN(C(=O)Nc2ccnnc2)CC1. The third-order valence-electron chi connectivity index (χ3n) is 4.85. The molecule has 1 fully saturated rings. The first-order valence-electron chi connectivity index (χ1n) is 9.03. The number of amides is 2. The van der Waals surface area contributed by atoms with E-state index in [9.17, 15) is 18.0 Å². The van der Waals surface area contributed by atoms with E-state index in [1.54, 1.807) is 11.0 Å². The van der Waals surface area contributed by atoms with Crippen molar-refractivity contribution in [2.45, 2.75) is 35.8 Å². The Morgan fingerprint density at radius 1 is 1.14 bits per heavy atom. The zero-order valence-electron chi connectivity index (χ0n) is 15.6. The van der Waals surface area contributed by atoms with Crippen LogP contribution in [0.5, 0.6) is 0 Å². The van der Waals surface area contributed by atoms with E-state index in [1.165, 1.54) is 37.5 Å². The molecule has 2 amide bonds. The molecule has 1 saturated heterocycles. The maximum atomic E-state index is 15.4. The molecule has 5 nitrogen and oxygen atoms in total. The van der Waals surface area contributed by atoms with Gasteiger partial charge >= 0.3 is 12.2 Å². The number of benzene rings is 1. The maximum Gasteiger partial charge on any atom is 0.417 e. The molecule has 0 spiro atoms. The van der Waals surface area contributed by atoms with Crippen molar-refractivity contribution in [1.82, 2.24) is 15.1 Å². The van der Waals surface area contributed by atoms with E-state index in [4.69, 9.17) is 0 Å². The molecule has 2 aromatic rings. The van der Waals surface area contributed by atoms with Gasteiger partial charge in [0.2, 0.25) is 0 Å². The van der Waals surface area contributed by atoms with E-state index in [2.05, 4.69) is 15.5 Å². The van der Waals surface area contributed by atoms with Crippen molar-refractivity contribution in [2.75, 3.05) is 18.4 Å². The third kappa shape index (κ3) is 5.37. The second-order valence-electron chi connectivity index (χ2n) is 6.90. The fraction of sp³-hybridized carbons (Fsp3) is 0.421. The fourth-order valence-electron chi connectivity index (χ4n) is 3.25. The number of piperidine rings is 1. The number of alkyl halides is 4. The van der Waals surface area contributed by atoms with Crippen LogP contribution < -0.4 is 5.32 Å². The number of likely N-dealkylation sites (tertiary alicyclic amines) is 1. The maximum absolute atomic E-state index is 15.4. The van der Waals surface area contributed by atoms with Gasteiger partial charge in [0.15, 0.2) is 5.00 Å². The number of halogens is 4. The van der Waals surface area contributed by atoms with Gasteiger partial charge in [0.1, 0.15) is 0 Å². The average Bonchev–Trinajstić information content (AvgIpc) is 2.68. The predicted molar refractivity (Wildman–Crippen MR) is 102 cm³/mol. The molecule has 0 radical (unpaired) electrons. The Morgan fingerprint density at radius 3 is 2.45 bits per heavy atom. The number of thioether (sulfide) groups is 1.